The summed E-state index contributed by atoms with van der Waals surface area (Å²) in [6, 6.07) is 10.1. The first kappa shape index (κ1) is 13.5. The summed E-state index contributed by atoms with van der Waals surface area (Å²) in [6.07, 6.45) is 0.621. The third-order valence-corrected chi connectivity index (χ3v) is 3.66. The van der Waals surface area contributed by atoms with Gasteiger partial charge < -0.3 is 5.32 Å². The summed E-state index contributed by atoms with van der Waals surface area (Å²) in [6.45, 7) is 0. The maximum absolute atomic E-state index is 12.2. The molecule has 0 bridgehead atoms. The molecule has 0 aliphatic heterocycles. The van der Waals surface area contributed by atoms with Crippen LogP contribution < -0.4 is 5.32 Å². The highest BCUT2D eigenvalue weighted by Gasteiger charge is 2.33. The fourth-order valence-corrected chi connectivity index (χ4v) is 2.51. The van der Waals surface area contributed by atoms with Crippen LogP contribution in [0.3, 0.4) is 0 Å². The van der Waals surface area contributed by atoms with E-state index in [2.05, 4.69) is 10.3 Å². The minimum atomic E-state index is -0.604. The van der Waals surface area contributed by atoms with Gasteiger partial charge in [-0.15, -0.1) is 0 Å². The number of pyridine rings is 1. The van der Waals surface area contributed by atoms with Gasteiger partial charge in [-0.25, -0.2) is 4.98 Å². The van der Waals surface area contributed by atoms with Crippen LogP contribution in [0.1, 0.15) is 17.0 Å². The van der Waals surface area contributed by atoms with Crippen LogP contribution >= 0.6 is 11.6 Å². The van der Waals surface area contributed by atoms with Gasteiger partial charge in [0.15, 0.2) is 0 Å². The fourth-order valence-electron chi connectivity index (χ4n) is 2.36. The minimum Gasteiger partial charge on any atom is -0.304 e. The lowest BCUT2D eigenvalue weighted by atomic mass is 9.77. The number of nitrogens with one attached hydrogen (secondary N) is 1. The van der Waals surface area contributed by atoms with Gasteiger partial charge in [-0.2, -0.15) is 0 Å². The molecule has 1 aliphatic carbocycles. The Bertz CT molecular complexity index is 748. The van der Waals surface area contributed by atoms with E-state index < -0.39 is 4.92 Å². The Hall–Kier alpha value is -2.47. The number of aromatic nitrogens is 1. The zero-order valence-corrected chi connectivity index (χ0v) is 11.5. The summed E-state index contributed by atoms with van der Waals surface area (Å²) < 4.78 is 0. The fraction of sp³-hybridized carbons (Fsp3) is 0.143. The lowest BCUT2D eigenvalue weighted by Gasteiger charge is -2.28. The van der Waals surface area contributed by atoms with Crippen molar-refractivity contribution in [1.29, 1.82) is 0 Å². The molecule has 1 aliphatic rings. The van der Waals surface area contributed by atoms with E-state index in [0.29, 0.717) is 6.42 Å². The van der Waals surface area contributed by atoms with Gasteiger partial charge in [0.25, 0.3) is 0 Å². The standard InChI is InChI=1S/C14H10ClN3O3/c15-12-6-5-11(18(20)21)13(16-12)17-14(19)10-7-8-3-1-2-4-9(8)10/h1-6,10H,7H2,(H,16,17,19). The maximum atomic E-state index is 12.2. The minimum absolute atomic E-state index is 0.0879. The molecule has 1 aromatic heterocycles. The molecular formula is C14H10ClN3O3. The number of anilines is 1. The SMILES string of the molecule is O=C(Nc1nc(Cl)ccc1[N+](=O)[O-])C1Cc2ccccc21. The van der Waals surface area contributed by atoms with Crippen LogP contribution in [-0.2, 0) is 11.2 Å². The lowest BCUT2D eigenvalue weighted by molar-refractivity contribution is -0.384. The first-order chi connectivity index (χ1) is 10.1. The molecule has 6 nitrogen and oxygen atoms in total. The second kappa shape index (κ2) is 5.14. The molecule has 0 spiro atoms. The summed E-state index contributed by atoms with van der Waals surface area (Å²) in [7, 11) is 0. The Morgan fingerprint density at radius 3 is 2.81 bits per heavy atom. The summed E-state index contributed by atoms with van der Waals surface area (Å²) in [5, 5.41) is 13.5. The molecule has 1 N–H and O–H groups in total. The molecule has 3 rings (SSSR count). The number of benzene rings is 1. The highest BCUT2D eigenvalue weighted by atomic mass is 35.5. The number of fused-ring (bicyclic) bond motifs is 1. The van der Waals surface area contributed by atoms with E-state index in [1.807, 2.05) is 24.3 Å². The molecule has 21 heavy (non-hydrogen) atoms. The van der Waals surface area contributed by atoms with Crippen molar-refractivity contribution >= 4 is 29.0 Å². The molecule has 1 aromatic carbocycles. The summed E-state index contributed by atoms with van der Waals surface area (Å²) in [5.74, 6) is -0.741. The Kier molecular flexibility index (Phi) is 3.31. The van der Waals surface area contributed by atoms with E-state index in [1.54, 1.807) is 0 Å². The first-order valence-corrected chi connectivity index (χ1v) is 6.63. The number of hydrogen-bond acceptors (Lipinski definition) is 4. The molecule has 0 saturated carbocycles. The van der Waals surface area contributed by atoms with Gasteiger partial charge in [0.2, 0.25) is 11.7 Å². The summed E-state index contributed by atoms with van der Waals surface area (Å²) in [4.78, 5) is 26.4. The molecule has 1 atom stereocenters. The Labute approximate surface area is 124 Å². The molecule has 106 valence electrons. The molecule has 1 unspecified atom stereocenters. The monoisotopic (exact) mass is 303 g/mol. The number of nitrogens with zero attached hydrogens (tertiary/aromatic N) is 2. The number of rotatable bonds is 3. The predicted molar refractivity (Wildman–Crippen MR) is 77.4 cm³/mol. The quantitative estimate of drug-likeness (QED) is 0.536. The van der Waals surface area contributed by atoms with Gasteiger partial charge in [-0.1, -0.05) is 35.9 Å². The third kappa shape index (κ3) is 2.45. The molecule has 0 saturated heterocycles. The molecule has 1 heterocycles. The van der Waals surface area contributed by atoms with E-state index >= 15 is 0 Å². The van der Waals surface area contributed by atoms with Crippen LogP contribution in [-0.4, -0.2) is 15.8 Å². The van der Waals surface area contributed by atoms with Gasteiger partial charge >= 0.3 is 5.69 Å². The Balaban J connectivity index is 1.84. The molecular weight excluding hydrogens is 294 g/mol. The van der Waals surface area contributed by atoms with Crippen molar-refractivity contribution in [3.8, 4) is 0 Å². The lowest BCUT2D eigenvalue weighted by Crippen LogP contribution is -2.30. The number of carbonyl (C=O) groups is 1. The predicted octanol–water partition coefficient (Wildman–Crippen LogP) is 2.92. The van der Waals surface area contributed by atoms with E-state index in [9.17, 15) is 14.9 Å². The van der Waals surface area contributed by atoms with Crippen molar-refractivity contribution in [2.24, 2.45) is 0 Å². The van der Waals surface area contributed by atoms with Gasteiger partial charge in [0.05, 0.1) is 10.8 Å². The van der Waals surface area contributed by atoms with Crippen LogP contribution in [0, 0.1) is 10.1 Å². The highest BCUT2D eigenvalue weighted by molar-refractivity contribution is 6.29. The smallest absolute Gasteiger partial charge is 0.304 e. The van der Waals surface area contributed by atoms with Crippen LogP contribution in [0.4, 0.5) is 11.5 Å². The number of nitro groups is 1. The van der Waals surface area contributed by atoms with Crippen molar-refractivity contribution in [1.82, 2.24) is 4.98 Å². The molecule has 1 amide bonds. The van der Waals surface area contributed by atoms with Crippen molar-refractivity contribution in [3.05, 3.63) is 62.8 Å². The Morgan fingerprint density at radius 2 is 2.10 bits per heavy atom. The van der Waals surface area contributed by atoms with Gasteiger partial charge in [-0.3, -0.25) is 14.9 Å². The zero-order valence-electron chi connectivity index (χ0n) is 10.7. The number of halogens is 1. The summed E-state index contributed by atoms with van der Waals surface area (Å²) >= 11 is 5.73. The second-order valence-corrected chi connectivity index (χ2v) is 5.09. The van der Waals surface area contributed by atoms with E-state index in [4.69, 9.17) is 11.6 Å². The van der Waals surface area contributed by atoms with Gasteiger partial charge in [0.1, 0.15) is 5.15 Å². The van der Waals surface area contributed by atoms with Crippen molar-refractivity contribution < 1.29 is 9.72 Å². The number of amides is 1. The topological polar surface area (TPSA) is 85.1 Å². The van der Waals surface area contributed by atoms with Gasteiger partial charge in [-0.05, 0) is 23.6 Å². The van der Waals surface area contributed by atoms with E-state index in [-0.39, 0.29) is 28.5 Å². The highest BCUT2D eigenvalue weighted by Crippen LogP contribution is 2.36. The zero-order chi connectivity index (χ0) is 15.0. The molecule has 7 heteroatoms. The molecule has 0 radical (unpaired) electrons. The van der Waals surface area contributed by atoms with Crippen LogP contribution in [0.2, 0.25) is 5.15 Å². The third-order valence-electron chi connectivity index (χ3n) is 3.45. The Morgan fingerprint density at radius 1 is 1.33 bits per heavy atom. The van der Waals surface area contributed by atoms with Crippen LogP contribution in [0.5, 0.6) is 0 Å². The number of hydrogen-bond donors (Lipinski definition) is 1. The normalized spacial score (nSPS) is 15.8. The largest absolute Gasteiger partial charge is 0.311 e. The van der Waals surface area contributed by atoms with E-state index in [0.717, 1.165) is 11.1 Å². The first-order valence-electron chi connectivity index (χ1n) is 6.26. The molecule has 0 fully saturated rings. The summed E-state index contributed by atoms with van der Waals surface area (Å²) in [5.41, 5.74) is 1.78. The number of carbonyl (C=O) groups excluding carboxylic acids is 1. The second-order valence-electron chi connectivity index (χ2n) is 4.70. The van der Waals surface area contributed by atoms with E-state index in [1.165, 1.54) is 12.1 Å². The molecule has 2 aromatic rings. The van der Waals surface area contributed by atoms with Crippen molar-refractivity contribution in [2.75, 3.05) is 5.32 Å². The average molecular weight is 304 g/mol. The van der Waals surface area contributed by atoms with Crippen molar-refractivity contribution in [3.63, 3.8) is 0 Å². The van der Waals surface area contributed by atoms with Crippen LogP contribution in [0.25, 0.3) is 0 Å². The van der Waals surface area contributed by atoms with Gasteiger partial charge in [0, 0.05) is 6.07 Å². The maximum Gasteiger partial charge on any atom is 0.311 e. The van der Waals surface area contributed by atoms with Crippen molar-refractivity contribution in [2.45, 2.75) is 12.3 Å². The van der Waals surface area contributed by atoms with Crippen LogP contribution in [0.15, 0.2) is 36.4 Å². The average Bonchev–Trinajstić information content (AvgIpc) is 2.40.